The lowest BCUT2D eigenvalue weighted by molar-refractivity contribution is 0.0173. The van der Waals surface area contributed by atoms with E-state index in [1.54, 1.807) is 6.92 Å². The van der Waals surface area contributed by atoms with E-state index in [1.165, 1.54) is 51.3 Å². The average molecular weight is 390 g/mol. The Kier molecular flexibility index (Phi) is 7.30. The maximum atomic E-state index is 13.5. The number of halogens is 1. The summed E-state index contributed by atoms with van der Waals surface area (Å²) >= 11 is 0. The fraction of sp³-hybridized carbons (Fsp3) is 0.682. The number of nitrogens with zero attached hydrogens (tertiary/aromatic N) is 3. The van der Waals surface area contributed by atoms with E-state index in [9.17, 15) is 4.39 Å². The van der Waals surface area contributed by atoms with Gasteiger partial charge >= 0.3 is 0 Å². The minimum atomic E-state index is -0.156. The molecule has 2 fully saturated rings. The zero-order chi connectivity index (χ0) is 20.0. The lowest BCUT2D eigenvalue weighted by Gasteiger charge is -2.50. The van der Waals surface area contributed by atoms with Crippen LogP contribution in [0.25, 0.3) is 0 Å². The standard InChI is InChI=1S/C22H36FN5/c1-18-15-19(7-8-20(18)23)16-25-21(24-2)26-17-22(9-13-27(3)14-10-22)28-11-5-4-6-12-28/h7-8,15H,4-6,9-14,16-17H2,1-3H3,(H2,24,25,26). The van der Waals surface area contributed by atoms with Crippen LogP contribution in [-0.4, -0.2) is 68.1 Å². The van der Waals surface area contributed by atoms with Crippen LogP contribution in [0.5, 0.6) is 0 Å². The molecule has 0 aromatic heterocycles. The molecule has 1 aromatic carbocycles. The van der Waals surface area contributed by atoms with E-state index in [4.69, 9.17) is 0 Å². The van der Waals surface area contributed by atoms with Gasteiger partial charge < -0.3 is 15.5 Å². The molecule has 2 heterocycles. The van der Waals surface area contributed by atoms with E-state index in [0.717, 1.165) is 31.2 Å². The van der Waals surface area contributed by atoms with Gasteiger partial charge in [-0.15, -0.1) is 0 Å². The molecule has 0 atom stereocenters. The molecule has 0 radical (unpaired) electrons. The highest BCUT2D eigenvalue weighted by molar-refractivity contribution is 5.79. The van der Waals surface area contributed by atoms with Crippen LogP contribution in [0, 0.1) is 12.7 Å². The van der Waals surface area contributed by atoms with Gasteiger partial charge in [0.05, 0.1) is 0 Å². The molecule has 5 nitrogen and oxygen atoms in total. The van der Waals surface area contributed by atoms with Crippen LogP contribution in [0.4, 0.5) is 4.39 Å². The van der Waals surface area contributed by atoms with Crippen molar-refractivity contribution in [3.63, 3.8) is 0 Å². The predicted octanol–water partition coefficient (Wildman–Crippen LogP) is 2.75. The Morgan fingerprint density at radius 1 is 1.11 bits per heavy atom. The number of guanidine groups is 1. The van der Waals surface area contributed by atoms with Crippen molar-refractivity contribution in [2.75, 3.05) is 46.8 Å². The molecule has 2 aliphatic heterocycles. The number of likely N-dealkylation sites (tertiary alicyclic amines) is 2. The molecule has 2 saturated heterocycles. The number of nitrogens with one attached hydrogen (secondary N) is 2. The highest BCUT2D eigenvalue weighted by Crippen LogP contribution is 2.30. The molecule has 0 bridgehead atoms. The van der Waals surface area contributed by atoms with Crippen molar-refractivity contribution in [3.05, 3.63) is 35.1 Å². The minimum absolute atomic E-state index is 0.156. The van der Waals surface area contributed by atoms with Gasteiger partial charge in [-0.05, 0) is 83.0 Å². The van der Waals surface area contributed by atoms with Crippen LogP contribution in [-0.2, 0) is 6.54 Å². The maximum absolute atomic E-state index is 13.5. The zero-order valence-electron chi connectivity index (χ0n) is 17.7. The summed E-state index contributed by atoms with van der Waals surface area (Å²) < 4.78 is 13.5. The molecule has 0 unspecified atom stereocenters. The van der Waals surface area contributed by atoms with Crippen LogP contribution in [0.2, 0.25) is 0 Å². The number of aliphatic imine (C=N–C) groups is 1. The van der Waals surface area contributed by atoms with Crippen LogP contribution in [0.15, 0.2) is 23.2 Å². The number of benzene rings is 1. The fourth-order valence-corrected chi connectivity index (χ4v) is 4.48. The highest BCUT2D eigenvalue weighted by atomic mass is 19.1. The molecule has 0 saturated carbocycles. The van der Waals surface area contributed by atoms with Gasteiger partial charge in [0.2, 0.25) is 0 Å². The van der Waals surface area contributed by atoms with Crippen LogP contribution in [0.3, 0.4) is 0 Å². The molecule has 0 aliphatic carbocycles. The average Bonchev–Trinajstić information content (AvgIpc) is 2.73. The molecule has 6 heteroatoms. The minimum Gasteiger partial charge on any atom is -0.355 e. The molecule has 0 amide bonds. The number of piperidine rings is 2. The summed E-state index contributed by atoms with van der Waals surface area (Å²) in [5.41, 5.74) is 1.96. The van der Waals surface area contributed by atoms with Crippen molar-refractivity contribution in [2.45, 2.75) is 51.1 Å². The Hall–Kier alpha value is -1.66. The zero-order valence-corrected chi connectivity index (χ0v) is 17.7. The summed E-state index contributed by atoms with van der Waals surface area (Å²) in [5.74, 6) is 0.661. The van der Waals surface area contributed by atoms with E-state index >= 15 is 0 Å². The third-order valence-corrected chi connectivity index (χ3v) is 6.44. The number of aryl methyl sites for hydroxylation is 1. The Balaban J connectivity index is 1.59. The lowest BCUT2D eigenvalue weighted by Crippen LogP contribution is -2.62. The molecule has 2 N–H and O–H groups in total. The van der Waals surface area contributed by atoms with Gasteiger partial charge in [0.15, 0.2) is 5.96 Å². The largest absolute Gasteiger partial charge is 0.355 e. The fourth-order valence-electron chi connectivity index (χ4n) is 4.48. The Morgan fingerprint density at radius 2 is 1.82 bits per heavy atom. The number of hydrogen-bond donors (Lipinski definition) is 2. The van der Waals surface area contributed by atoms with Crippen molar-refractivity contribution in [3.8, 4) is 0 Å². The molecule has 2 aliphatic rings. The second-order valence-electron chi connectivity index (χ2n) is 8.44. The van der Waals surface area contributed by atoms with E-state index in [1.807, 2.05) is 19.2 Å². The second kappa shape index (κ2) is 9.70. The first-order valence-electron chi connectivity index (χ1n) is 10.7. The topological polar surface area (TPSA) is 42.9 Å². The van der Waals surface area contributed by atoms with Gasteiger partial charge in [-0.3, -0.25) is 9.89 Å². The highest BCUT2D eigenvalue weighted by Gasteiger charge is 2.39. The smallest absolute Gasteiger partial charge is 0.191 e. The summed E-state index contributed by atoms with van der Waals surface area (Å²) in [4.78, 5) is 9.58. The first kappa shape index (κ1) is 21.1. The Labute approximate surface area is 169 Å². The van der Waals surface area contributed by atoms with Gasteiger partial charge in [-0.2, -0.15) is 0 Å². The summed E-state index contributed by atoms with van der Waals surface area (Å²) in [6.07, 6.45) is 6.39. The SMILES string of the molecule is CN=C(NCc1ccc(F)c(C)c1)NCC1(N2CCCCC2)CCN(C)CC1. The third kappa shape index (κ3) is 5.23. The molecule has 28 heavy (non-hydrogen) atoms. The summed E-state index contributed by atoms with van der Waals surface area (Å²) in [7, 11) is 4.03. The lowest BCUT2D eigenvalue weighted by atomic mass is 9.84. The van der Waals surface area contributed by atoms with E-state index in [-0.39, 0.29) is 11.4 Å². The van der Waals surface area contributed by atoms with E-state index in [2.05, 4.69) is 32.5 Å². The van der Waals surface area contributed by atoms with Gasteiger partial charge in [-0.1, -0.05) is 18.6 Å². The Bertz CT molecular complexity index is 661. The summed E-state index contributed by atoms with van der Waals surface area (Å²) in [6.45, 7) is 8.09. The first-order chi connectivity index (χ1) is 13.5. The molecular formula is C22H36FN5. The van der Waals surface area contributed by atoms with E-state index < -0.39 is 0 Å². The second-order valence-corrected chi connectivity index (χ2v) is 8.44. The summed E-state index contributed by atoms with van der Waals surface area (Å²) in [5, 5.41) is 6.98. The van der Waals surface area contributed by atoms with E-state index in [0.29, 0.717) is 12.1 Å². The number of rotatable bonds is 5. The molecule has 0 spiro atoms. The van der Waals surface area contributed by atoms with Crippen molar-refractivity contribution >= 4 is 5.96 Å². The first-order valence-corrected chi connectivity index (χ1v) is 10.7. The van der Waals surface area contributed by atoms with Gasteiger partial charge in [0.1, 0.15) is 5.82 Å². The molecular weight excluding hydrogens is 353 g/mol. The van der Waals surface area contributed by atoms with Gasteiger partial charge in [0.25, 0.3) is 0 Å². The third-order valence-electron chi connectivity index (χ3n) is 6.44. The number of hydrogen-bond acceptors (Lipinski definition) is 3. The van der Waals surface area contributed by atoms with Crippen molar-refractivity contribution < 1.29 is 4.39 Å². The van der Waals surface area contributed by atoms with Crippen LogP contribution in [0.1, 0.15) is 43.2 Å². The van der Waals surface area contributed by atoms with Crippen LogP contribution >= 0.6 is 0 Å². The quantitative estimate of drug-likeness (QED) is 0.600. The molecule has 3 rings (SSSR count). The van der Waals surface area contributed by atoms with Gasteiger partial charge in [-0.25, -0.2) is 4.39 Å². The Morgan fingerprint density at radius 3 is 2.46 bits per heavy atom. The van der Waals surface area contributed by atoms with Crippen molar-refractivity contribution in [2.24, 2.45) is 4.99 Å². The maximum Gasteiger partial charge on any atom is 0.191 e. The van der Waals surface area contributed by atoms with Crippen LogP contribution < -0.4 is 10.6 Å². The normalized spacial score (nSPS) is 21.5. The predicted molar refractivity (Wildman–Crippen MR) is 114 cm³/mol. The van der Waals surface area contributed by atoms with Crippen molar-refractivity contribution in [1.29, 1.82) is 0 Å². The molecule has 1 aromatic rings. The van der Waals surface area contributed by atoms with Gasteiger partial charge in [0, 0.05) is 25.7 Å². The monoisotopic (exact) mass is 389 g/mol. The summed E-state index contributed by atoms with van der Waals surface area (Å²) in [6, 6.07) is 5.25. The molecule has 156 valence electrons. The van der Waals surface area contributed by atoms with Crippen molar-refractivity contribution in [1.82, 2.24) is 20.4 Å².